The Kier molecular flexibility index (Phi) is 6.62. The number of benzene rings is 2. The highest BCUT2D eigenvalue weighted by molar-refractivity contribution is 6.02. The Morgan fingerprint density at radius 1 is 0.579 bits per heavy atom. The van der Waals surface area contributed by atoms with Crippen LogP contribution in [0.5, 0.6) is 0 Å². The zero-order chi connectivity index (χ0) is 26.8. The Morgan fingerprint density at radius 2 is 0.974 bits per heavy atom. The Bertz CT molecular complexity index is 1480. The Hall–Kier alpha value is -4.98. The van der Waals surface area contributed by atoms with Gasteiger partial charge in [0.05, 0.1) is 0 Å². The number of carboxylic acids is 2. The van der Waals surface area contributed by atoms with Gasteiger partial charge in [0.2, 0.25) is 0 Å². The highest BCUT2D eigenvalue weighted by Gasteiger charge is 2.32. The summed E-state index contributed by atoms with van der Waals surface area (Å²) in [4.78, 5) is 54.0. The molecule has 0 aliphatic heterocycles. The van der Waals surface area contributed by atoms with Gasteiger partial charge in [-0.2, -0.15) is 0 Å². The molecule has 2 unspecified atom stereocenters. The summed E-state index contributed by atoms with van der Waals surface area (Å²) >= 11 is 0. The fourth-order valence-electron chi connectivity index (χ4n) is 4.98. The first-order chi connectivity index (χ1) is 18.3. The van der Waals surface area contributed by atoms with Crippen molar-refractivity contribution in [3.8, 4) is 0 Å². The number of aromatic carboxylic acids is 2. The number of pyridine rings is 2. The molecular weight excluding hydrogens is 484 g/mol. The summed E-state index contributed by atoms with van der Waals surface area (Å²) in [5.41, 5.74) is 4.59. The first-order valence-corrected chi connectivity index (χ1v) is 12.0. The molecule has 2 heterocycles. The minimum atomic E-state index is -1.06. The summed E-state index contributed by atoms with van der Waals surface area (Å²) in [5, 5.41) is 17.9. The van der Waals surface area contributed by atoms with Crippen LogP contribution in [0, 0.1) is 0 Å². The maximum absolute atomic E-state index is 11.9. The molecule has 2 aliphatic carbocycles. The highest BCUT2D eigenvalue weighted by Crippen LogP contribution is 2.38. The zero-order valence-electron chi connectivity index (χ0n) is 20.1. The molecule has 0 radical (unpaired) electrons. The van der Waals surface area contributed by atoms with E-state index in [1.54, 1.807) is 36.4 Å². The van der Waals surface area contributed by atoms with Gasteiger partial charge in [0.15, 0.2) is 11.6 Å². The number of ketones is 2. The smallest absolute Gasteiger partial charge is 0.354 e. The van der Waals surface area contributed by atoms with E-state index in [1.807, 2.05) is 36.4 Å². The quantitative estimate of drug-likeness (QED) is 0.395. The number of fused-ring (bicyclic) bond motifs is 2. The van der Waals surface area contributed by atoms with Crippen LogP contribution in [0.25, 0.3) is 0 Å². The number of hydrogen-bond acceptors (Lipinski definition) is 6. The molecule has 6 rings (SSSR count). The second kappa shape index (κ2) is 10.2. The van der Waals surface area contributed by atoms with Crippen molar-refractivity contribution in [3.05, 3.63) is 130 Å². The molecule has 0 saturated carbocycles. The number of carbonyl (C=O) groups is 4. The molecular formula is C30H22N2O6. The molecule has 2 aromatic carbocycles. The van der Waals surface area contributed by atoms with Gasteiger partial charge >= 0.3 is 11.9 Å². The van der Waals surface area contributed by atoms with E-state index in [0.717, 1.165) is 22.3 Å². The average Bonchev–Trinajstić information content (AvgIpc) is 3.46. The minimum Gasteiger partial charge on any atom is -0.477 e. The molecule has 4 aromatic rings. The van der Waals surface area contributed by atoms with Crippen LogP contribution in [0.4, 0.5) is 0 Å². The SMILES string of the molecule is O=C(O)c1cccc(C2CC(=O)c3ccccc32)n1.O=C(O)c1cccc(C2CC(=O)c3ccccc32)n1. The van der Waals surface area contributed by atoms with Gasteiger partial charge in [-0.1, -0.05) is 60.7 Å². The normalized spacial score (nSPS) is 17.3. The Morgan fingerprint density at radius 3 is 1.37 bits per heavy atom. The molecule has 2 aromatic heterocycles. The van der Waals surface area contributed by atoms with Gasteiger partial charge in [0.25, 0.3) is 0 Å². The fourth-order valence-corrected chi connectivity index (χ4v) is 4.98. The second-order valence-electron chi connectivity index (χ2n) is 9.04. The Labute approximate surface area is 217 Å². The molecule has 2 aliphatic rings. The number of nitrogens with zero attached hydrogens (tertiary/aromatic N) is 2. The summed E-state index contributed by atoms with van der Waals surface area (Å²) < 4.78 is 0. The van der Waals surface area contributed by atoms with Crippen molar-refractivity contribution in [2.75, 3.05) is 0 Å². The standard InChI is InChI=1S/2C15H11NO3/c2*17-14-8-11(9-4-1-2-5-10(9)14)12-6-3-7-13(16-12)15(18)19/h2*1-7,11H,8H2,(H,18,19). The van der Waals surface area contributed by atoms with Crippen molar-refractivity contribution < 1.29 is 29.4 Å². The van der Waals surface area contributed by atoms with Crippen LogP contribution >= 0.6 is 0 Å². The first-order valence-electron chi connectivity index (χ1n) is 12.0. The van der Waals surface area contributed by atoms with E-state index in [0.29, 0.717) is 24.2 Å². The van der Waals surface area contributed by atoms with Gasteiger partial charge in [-0.3, -0.25) is 9.59 Å². The molecule has 2 atom stereocenters. The van der Waals surface area contributed by atoms with Crippen molar-refractivity contribution >= 4 is 23.5 Å². The third kappa shape index (κ3) is 4.71. The average molecular weight is 507 g/mol. The van der Waals surface area contributed by atoms with Crippen LogP contribution < -0.4 is 0 Å². The predicted molar refractivity (Wildman–Crippen MR) is 137 cm³/mol. The van der Waals surface area contributed by atoms with E-state index < -0.39 is 11.9 Å². The van der Waals surface area contributed by atoms with Crippen molar-refractivity contribution in [2.45, 2.75) is 24.7 Å². The summed E-state index contributed by atoms with van der Waals surface area (Å²) in [6.45, 7) is 0. The van der Waals surface area contributed by atoms with Gasteiger partial charge in [0, 0.05) is 47.2 Å². The molecule has 0 amide bonds. The summed E-state index contributed by atoms with van der Waals surface area (Å²) in [6.07, 6.45) is 0.713. The second-order valence-corrected chi connectivity index (χ2v) is 9.04. The lowest BCUT2D eigenvalue weighted by Gasteiger charge is -2.10. The molecule has 2 N–H and O–H groups in total. The number of Topliss-reactive ketones (excluding diaryl/α,β-unsaturated/α-hetero) is 2. The number of rotatable bonds is 4. The topological polar surface area (TPSA) is 135 Å². The highest BCUT2D eigenvalue weighted by atomic mass is 16.4. The molecule has 0 fully saturated rings. The monoisotopic (exact) mass is 506 g/mol. The third-order valence-electron chi connectivity index (χ3n) is 6.75. The van der Waals surface area contributed by atoms with E-state index in [1.165, 1.54) is 12.1 Å². The van der Waals surface area contributed by atoms with Gasteiger partial charge in [-0.05, 0) is 35.4 Å². The molecule has 8 heteroatoms. The van der Waals surface area contributed by atoms with Gasteiger partial charge in [0.1, 0.15) is 11.4 Å². The lowest BCUT2D eigenvalue weighted by atomic mass is 9.97. The minimum absolute atomic E-state index is 0.00864. The zero-order valence-corrected chi connectivity index (χ0v) is 20.1. The van der Waals surface area contributed by atoms with Crippen LogP contribution in [0.2, 0.25) is 0 Å². The van der Waals surface area contributed by atoms with E-state index in [2.05, 4.69) is 9.97 Å². The molecule has 38 heavy (non-hydrogen) atoms. The number of carbonyl (C=O) groups excluding carboxylic acids is 2. The lowest BCUT2D eigenvalue weighted by Crippen LogP contribution is -2.06. The number of aromatic nitrogens is 2. The largest absolute Gasteiger partial charge is 0.477 e. The third-order valence-corrected chi connectivity index (χ3v) is 6.75. The van der Waals surface area contributed by atoms with Crippen molar-refractivity contribution in [1.82, 2.24) is 9.97 Å². The lowest BCUT2D eigenvalue weighted by molar-refractivity contribution is 0.0679. The van der Waals surface area contributed by atoms with Crippen molar-refractivity contribution in [3.63, 3.8) is 0 Å². The molecule has 188 valence electrons. The molecule has 0 saturated heterocycles. The van der Waals surface area contributed by atoms with Crippen LogP contribution in [0.15, 0.2) is 84.9 Å². The van der Waals surface area contributed by atoms with E-state index in [9.17, 15) is 19.2 Å². The van der Waals surface area contributed by atoms with E-state index in [4.69, 9.17) is 10.2 Å². The van der Waals surface area contributed by atoms with E-state index >= 15 is 0 Å². The molecule has 0 bridgehead atoms. The van der Waals surface area contributed by atoms with E-state index in [-0.39, 0.29) is 34.8 Å². The summed E-state index contributed by atoms with van der Waals surface area (Å²) in [5.74, 6) is -2.21. The van der Waals surface area contributed by atoms with Gasteiger partial charge in [-0.25, -0.2) is 19.6 Å². The fraction of sp³-hybridized carbons (Fsp3) is 0.133. The van der Waals surface area contributed by atoms with Gasteiger partial charge in [-0.15, -0.1) is 0 Å². The van der Waals surface area contributed by atoms with Crippen molar-refractivity contribution in [2.24, 2.45) is 0 Å². The molecule has 0 spiro atoms. The first kappa shape index (κ1) is 24.7. The maximum atomic E-state index is 11.9. The van der Waals surface area contributed by atoms with Crippen LogP contribution in [-0.2, 0) is 0 Å². The van der Waals surface area contributed by atoms with Crippen molar-refractivity contribution in [1.29, 1.82) is 0 Å². The van der Waals surface area contributed by atoms with Crippen LogP contribution in [0.3, 0.4) is 0 Å². The van der Waals surface area contributed by atoms with Crippen LogP contribution in [0.1, 0.15) is 88.9 Å². The summed E-state index contributed by atoms with van der Waals surface area (Å²) in [6, 6.07) is 24.6. The van der Waals surface area contributed by atoms with Gasteiger partial charge < -0.3 is 10.2 Å². The maximum Gasteiger partial charge on any atom is 0.354 e. The Balaban J connectivity index is 0.000000155. The predicted octanol–water partition coefficient (Wildman–Crippen LogP) is 5.00. The molecule has 8 nitrogen and oxygen atoms in total. The number of hydrogen-bond donors (Lipinski definition) is 2. The number of carboxylic acid groups (broad SMARTS) is 2. The van der Waals surface area contributed by atoms with Crippen LogP contribution in [-0.4, -0.2) is 43.7 Å². The summed E-state index contributed by atoms with van der Waals surface area (Å²) in [7, 11) is 0.